The van der Waals surface area contributed by atoms with Gasteiger partial charge in [0.15, 0.2) is 0 Å². The lowest BCUT2D eigenvalue weighted by molar-refractivity contribution is 0.116. The van der Waals surface area contributed by atoms with Gasteiger partial charge in [0.05, 0.1) is 0 Å². The van der Waals surface area contributed by atoms with Crippen molar-refractivity contribution < 1.29 is 4.39 Å². The second kappa shape index (κ2) is 4.56. The van der Waals surface area contributed by atoms with Gasteiger partial charge in [-0.05, 0) is 49.0 Å². The zero-order chi connectivity index (χ0) is 14.5. The quantitative estimate of drug-likeness (QED) is 0.843. The summed E-state index contributed by atoms with van der Waals surface area (Å²) in [4.78, 5) is 0. The molecule has 4 atom stereocenters. The first kappa shape index (κ1) is 14.1. The minimum Gasteiger partial charge on any atom is -0.307 e. The Morgan fingerprint density at radius 2 is 1.95 bits per heavy atom. The van der Waals surface area contributed by atoms with Gasteiger partial charge in [-0.25, -0.2) is 4.39 Å². The van der Waals surface area contributed by atoms with Gasteiger partial charge < -0.3 is 5.32 Å². The highest BCUT2D eigenvalue weighted by Crippen LogP contribution is 2.65. The van der Waals surface area contributed by atoms with Crippen molar-refractivity contribution in [2.45, 2.75) is 59.0 Å². The van der Waals surface area contributed by atoms with Crippen LogP contribution >= 0.6 is 0 Å². The van der Waals surface area contributed by atoms with Gasteiger partial charge in [0.25, 0.3) is 0 Å². The van der Waals surface area contributed by atoms with Crippen LogP contribution in [0.1, 0.15) is 58.6 Å². The normalized spacial score (nSPS) is 36.2. The molecule has 110 valence electrons. The van der Waals surface area contributed by atoms with Crippen LogP contribution in [-0.2, 0) is 0 Å². The maximum atomic E-state index is 13.9. The van der Waals surface area contributed by atoms with E-state index in [0.29, 0.717) is 16.9 Å². The van der Waals surface area contributed by atoms with Gasteiger partial charge in [0, 0.05) is 17.6 Å². The zero-order valence-corrected chi connectivity index (χ0v) is 13.0. The van der Waals surface area contributed by atoms with Crippen molar-refractivity contribution in [2.24, 2.45) is 16.7 Å². The minimum atomic E-state index is -0.0972. The molecule has 3 unspecified atom stereocenters. The van der Waals surface area contributed by atoms with Gasteiger partial charge in [0.2, 0.25) is 0 Å². The van der Waals surface area contributed by atoms with Crippen molar-refractivity contribution in [1.29, 1.82) is 0 Å². The Balaban J connectivity index is 1.79. The molecule has 1 aromatic rings. The third-order valence-electron chi connectivity index (χ3n) is 6.62. The number of rotatable bonds is 3. The highest BCUT2D eigenvalue weighted by Gasteiger charge is 2.61. The monoisotopic (exact) mass is 275 g/mol. The largest absolute Gasteiger partial charge is 0.307 e. The van der Waals surface area contributed by atoms with E-state index in [-0.39, 0.29) is 11.9 Å². The van der Waals surface area contributed by atoms with Crippen LogP contribution in [0.2, 0.25) is 0 Å². The molecule has 0 aliphatic heterocycles. The van der Waals surface area contributed by atoms with Gasteiger partial charge >= 0.3 is 0 Å². The van der Waals surface area contributed by atoms with E-state index in [1.807, 2.05) is 12.1 Å². The molecule has 0 saturated heterocycles. The van der Waals surface area contributed by atoms with Crippen LogP contribution in [0.4, 0.5) is 4.39 Å². The average molecular weight is 275 g/mol. The Bertz CT molecular complexity index is 510. The smallest absolute Gasteiger partial charge is 0.127 e. The molecule has 0 heterocycles. The summed E-state index contributed by atoms with van der Waals surface area (Å²) in [5, 5.41) is 3.72. The van der Waals surface area contributed by atoms with E-state index >= 15 is 0 Å². The molecule has 1 nitrogen and oxygen atoms in total. The SMILES string of the molecule is C[C@@H](NC1CC2CCC1(C)C2(C)C)c1ccccc1F. The minimum absolute atomic E-state index is 0.0770. The molecule has 2 heteroatoms. The summed E-state index contributed by atoms with van der Waals surface area (Å²) < 4.78 is 13.9. The van der Waals surface area contributed by atoms with Crippen molar-refractivity contribution in [3.63, 3.8) is 0 Å². The van der Waals surface area contributed by atoms with E-state index in [1.165, 1.54) is 19.3 Å². The number of nitrogens with one attached hydrogen (secondary N) is 1. The predicted octanol–water partition coefficient (Wildman–Crippen LogP) is 4.69. The fourth-order valence-corrected chi connectivity index (χ4v) is 4.67. The standard InChI is InChI=1S/C18H26FN/c1-12(14-7-5-6-8-15(14)19)20-16-11-13-9-10-18(16,4)17(13,2)3/h5-8,12-13,16,20H,9-11H2,1-4H3/t12-,13?,16?,18?/m1/s1. The second-order valence-electron chi connectivity index (χ2n) is 7.57. The van der Waals surface area contributed by atoms with Crippen LogP contribution in [0.25, 0.3) is 0 Å². The van der Waals surface area contributed by atoms with Crippen molar-refractivity contribution in [3.8, 4) is 0 Å². The van der Waals surface area contributed by atoms with Crippen molar-refractivity contribution in [3.05, 3.63) is 35.6 Å². The fraction of sp³-hybridized carbons (Fsp3) is 0.667. The number of fused-ring (bicyclic) bond motifs is 2. The van der Waals surface area contributed by atoms with Gasteiger partial charge in [0.1, 0.15) is 5.82 Å². The lowest BCUT2D eigenvalue weighted by Crippen LogP contribution is -2.45. The lowest BCUT2D eigenvalue weighted by Gasteiger charge is -2.40. The molecule has 1 aromatic carbocycles. The third kappa shape index (κ3) is 1.84. The summed E-state index contributed by atoms with van der Waals surface area (Å²) in [6.45, 7) is 9.34. The Hall–Kier alpha value is -0.890. The van der Waals surface area contributed by atoms with Gasteiger partial charge in [-0.15, -0.1) is 0 Å². The summed E-state index contributed by atoms with van der Waals surface area (Å²) >= 11 is 0. The third-order valence-corrected chi connectivity index (χ3v) is 6.62. The fourth-order valence-electron chi connectivity index (χ4n) is 4.67. The molecule has 0 amide bonds. The van der Waals surface area contributed by atoms with Crippen LogP contribution < -0.4 is 5.32 Å². The number of hydrogen-bond acceptors (Lipinski definition) is 1. The zero-order valence-electron chi connectivity index (χ0n) is 13.0. The van der Waals surface area contributed by atoms with Crippen LogP contribution in [-0.4, -0.2) is 6.04 Å². The topological polar surface area (TPSA) is 12.0 Å². The van der Waals surface area contributed by atoms with Crippen molar-refractivity contribution in [2.75, 3.05) is 0 Å². The molecule has 2 aliphatic rings. The van der Waals surface area contributed by atoms with E-state index in [1.54, 1.807) is 12.1 Å². The highest BCUT2D eigenvalue weighted by atomic mass is 19.1. The van der Waals surface area contributed by atoms with Crippen LogP contribution in [0, 0.1) is 22.6 Å². The number of benzene rings is 1. The molecule has 0 spiro atoms. The summed E-state index contributed by atoms with van der Waals surface area (Å²) in [5.41, 5.74) is 1.54. The molecule has 0 aromatic heterocycles. The van der Waals surface area contributed by atoms with Crippen LogP contribution in [0.5, 0.6) is 0 Å². The first-order chi connectivity index (χ1) is 9.36. The molecule has 2 saturated carbocycles. The maximum Gasteiger partial charge on any atom is 0.127 e. The molecule has 1 N–H and O–H groups in total. The molecule has 2 fully saturated rings. The number of halogens is 1. The first-order valence-corrected chi connectivity index (χ1v) is 7.87. The van der Waals surface area contributed by atoms with E-state index in [4.69, 9.17) is 0 Å². The highest BCUT2D eigenvalue weighted by molar-refractivity contribution is 5.22. The predicted molar refractivity (Wildman–Crippen MR) is 81.0 cm³/mol. The molecule has 20 heavy (non-hydrogen) atoms. The summed E-state index contributed by atoms with van der Waals surface area (Å²) in [7, 11) is 0. The summed E-state index contributed by atoms with van der Waals surface area (Å²) in [6, 6.07) is 7.71. The van der Waals surface area contributed by atoms with E-state index in [2.05, 4.69) is 33.0 Å². The van der Waals surface area contributed by atoms with Crippen LogP contribution in [0.15, 0.2) is 24.3 Å². The molecule has 2 aliphatic carbocycles. The van der Waals surface area contributed by atoms with E-state index < -0.39 is 0 Å². The van der Waals surface area contributed by atoms with E-state index in [0.717, 1.165) is 11.5 Å². The number of hydrogen-bond donors (Lipinski definition) is 1. The Kier molecular flexibility index (Phi) is 3.20. The molecule has 0 radical (unpaired) electrons. The molecular weight excluding hydrogens is 249 g/mol. The van der Waals surface area contributed by atoms with Gasteiger partial charge in [-0.1, -0.05) is 39.0 Å². The van der Waals surface area contributed by atoms with Crippen molar-refractivity contribution >= 4 is 0 Å². The maximum absolute atomic E-state index is 13.9. The molecule has 2 bridgehead atoms. The Labute approximate surface area is 122 Å². The van der Waals surface area contributed by atoms with Crippen LogP contribution in [0.3, 0.4) is 0 Å². The summed E-state index contributed by atoms with van der Waals surface area (Å²) in [5.74, 6) is 0.720. The Morgan fingerprint density at radius 1 is 1.25 bits per heavy atom. The average Bonchev–Trinajstić information content (AvgIpc) is 2.72. The second-order valence-corrected chi connectivity index (χ2v) is 7.57. The molecular formula is C18H26FN. The van der Waals surface area contributed by atoms with E-state index in [9.17, 15) is 4.39 Å². The Morgan fingerprint density at radius 3 is 2.50 bits per heavy atom. The molecule has 3 rings (SSSR count). The lowest BCUT2D eigenvalue weighted by atomic mass is 9.69. The summed E-state index contributed by atoms with van der Waals surface area (Å²) in [6.07, 6.45) is 3.89. The van der Waals surface area contributed by atoms with Crippen molar-refractivity contribution in [1.82, 2.24) is 5.32 Å². The first-order valence-electron chi connectivity index (χ1n) is 7.87. The van der Waals surface area contributed by atoms with Gasteiger partial charge in [-0.2, -0.15) is 0 Å². The van der Waals surface area contributed by atoms with Gasteiger partial charge in [-0.3, -0.25) is 0 Å².